The van der Waals surface area contributed by atoms with Crippen LogP contribution < -0.4 is 0 Å². The molecule has 17 heavy (non-hydrogen) atoms. The first-order chi connectivity index (χ1) is 8.18. The highest BCUT2D eigenvalue weighted by atomic mass is 35.5. The summed E-state index contributed by atoms with van der Waals surface area (Å²) in [6.45, 7) is 0.258. The van der Waals surface area contributed by atoms with Gasteiger partial charge in [-0.2, -0.15) is 4.98 Å². The molecule has 2 heterocycles. The van der Waals surface area contributed by atoms with Crippen LogP contribution in [0, 0.1) is 0 Å². The molecule has 0 aromatic carbocycles. The molecule has 0 spiro atoms. The van der Waals surface area contributed by atoms with Crippen molar-refractivity contribution in [2.45, 2.75) is 6.54 Å². The summed E-state index contributed by atoms with van der Waals surface area (Å²) >= 11 is 5.89. The van der Waals surface area contributed by atoms with Crippen LogP contribution in [0.25, 0.3) is 0 Å². The van der Waals surface area contributed by atoms with Crippen LogP contribution in [0.2, 0.25) is 5.02 Å². The van der Waals surface area contributed by atoms with Crippen molar-refractivity contribution in [2.24, 2.45) is 0 Å². The van der Waals surface area contributed by atoms with E-state index in [0.717, 1.165) is 0 Å². The summed E-state index contributed by atoms with van der Waals surface area (Å²) in [5.41, 5.74) is 0.396. The highest BCUT2D eigenvalue weighted by molar-refractivity contribution is 6.33. The van der Waals surface area contributed by atoms with Crippen LogP contribution in [0.4, 0.5) is 0 Å². The summed E-state index contributed by atoms with van der Waals surface area (Å²) in [5, 5.41) is 3.95. The zero-order valence-corrected chi connectivity index (χ0v) is 9.76. The van der Waals surface area contributed by atoms with Crippen molar-refractivity contribution in [2.75, 3.05) is 7.05 Å². The molecular weight excluding hydrogens is 244 g/mol. The van der Waals surface area contributed by atoms with Gasteiger partial charge in [-0.25, -0.2) is 0 Å². The SMILES string of the molecule is CN(Cc1ncon1)C(=O)c1ccncc1Cl. The minimum atomic E-state index is -0.220. The van der Waals surface area contributed by atoms with Crippen LogP contribution in [0.5, 0.6) is 0 Å². The molecule has 2 aromatic heterocycles. The fraction of sp³-hybridized carbons (Fsp3) is 0.200. The van der Waals surface area contributed by atoms with E-state index in [0.29, 0.717) is 16.4 Å². The molecule has 0 fully saturated rings. The first-order valence-electron chi connectivity index (χ1n) is 4.78. The number of hydrogen-bond acceptors (Lipinski definition) is 5. The van der Waals surface area contributed by atoms with Crippen molar-refractivity contribution < 1.29 is 9.32 Å². The van der Waals surface area contributed by atoms with Gasteiger partial charge in [0.15, 0.2) is 5.82 Å². The highest BCUT2D eigenvalue weighted by Gasteiger charge is 2.16. The summed E-state index contributed by atoms with van der Waals surface area (Å²) < 4.78 is 4.59. The highest BCUT2D eigenvalue weighted by Crippen LogP contribution is 2.15. The van der Waals surface area contributed by atoms with Crippen LogP contribution in [0.15, 0.2) is 29.4 Å². The molecule has 88 valence electrons. The maximum absolute atomic E-state index is 12.0. The zero-order valence-electron chi connectivity index (χ0n) is 9.00. The lowest BCUT2D eigenvalue weighted by Gasteiger charge is -2.15. The van der Waals surface area contributed by atoms with Gasteiger partial charge in [0.2, 0.25) is 6.39 Å². The van der Waals surface area contributed by atoms with Gasteiger partial charge in [0, 0.05) is 19.4 Å². The summed E-state index contributed by atoms with van der Waals surface area (Å²) in [5.74, 6) is 0.216. The number of aromatic nitrogens is 3. The number of carbonyl (C=O) groups is 1. The quantitative estimate of drug-likeness (QED) is 0.825. The molecule has 1 amide bonds. The molecule has 6 nitrogen and oxygen atoms in total. The van der Waals surface area contributed by atoms with Crippen molar-refractivity contribution in [1.82, 2.24) is 20.0 Å². The van der Waals surface area contributed by atoms with Gasteiger partial charge in [-0.05, 0) is 6.07 Å². The molecule has 7 heteroatoms. The monoisotopic (exact) mass is 252 g/mol. The summed E-state index contributed by atoms with van der Waals surface area (Å²) in [6, 6.07) is 1.57. The van der Waals surface area contributed by atoms with Crippen LogP contribution in [-0.2, 0) is 6.54 Å². The first-order valence-corrected chi connectivity index (χ1v) is 5.16. The molecule has 0 aliphatic heterocycles. The van der Waals surface area contributed by atoms with E-state index in [2.05, 4.69) is 19.6 Å². The topological polar surface area (TPSA) is 72.1 Å². The molecule has 0 radical (unpaired) electrons. The second-order valence-corrected chi connectivity index (χ2v) is 3.77. The van der Waals surface area contributed by atoms with Gasteiger partial charge >= 0.3 is 0 Å². The Morgan fingerprint density at radius 3 is 3.06 bits per heavy atom. The predicted octanol–water partition coefficient (Wildman–Crippen LogP) is 1.39. The average molecular weight is 253 g/mol. The van der Waals surface area contributed by atoms with Crippen molar-refractivity contribution in [3.8, 4) is 0 Å². The molecule has 0 aliphatic carbocycles. The number of amides is 1. The van der Waals surface area contributed by atoms with E-state index in [1.165, 1.54) is 23.7 Å². The van der Waals surface area contributed by atoms with E-state index < -0.39 is 0 Å². The van der Waals surface area contributed by atoms with Crippen LogP contribution in [-0.4, -0.2) is 33.0 Å². The summed E-state index contributed by atoms with van der Waals surface area (Å²) in [7, 11) is 1.63. The van der Waals surface area contributed by atoms with E-state index >= 15 is 0 Å². The Hall–Kier alpha value is -1.95. The lowest BCUT2D eigenvalue weighted by Crippen LogP contribution is -2.27. The minimum Gasteiger partial charge on any atom is -0.343 e. The van der Waals surface area contributed by atoms with Crippen LogP contribution in [0.1, 0.15) is 16.2 Å². The molecule has 0 bridgehead atoms. The van der Waals surface area contributed by atoms with E-state index in [-0.39, 0.29) is 12.5 Å². The molecule has 0 N–H and O–H groups in total. The standard InChI is InChI=1S/C10H9ClN4O2/c1-15(5-9-13-6-17-14-9)10(16)7-2-3-12-4-8(7)11/h2-4,6H,5H2,1H3. The van der Waals surface area contributed by atoms with Gasteiger partial charge < -0.3 is 9.42 Å². The Balaban J connectivity index is 2.13. The third-order valence-electron chi connectivity index (χ3n) is 2.14. The van der Waals surface area contributed by atoms with Crippen LogP contribution in [0.3, 0.4) is 0 Å². The first kappa shape index (κ1) is 11.5. The lowest BCUT2D eigenvalue weighted by molar-refractivity contribution is 0.0780. The molecule has 0 saturated carbocycles. The molecule has 0 atom stereocenters. The Labute approximate surface area is 102 Å². The lowest BCUT2D eigenvalue weighted by atomic mass is 10.2. The number of nitrogens with zero attached hydrogens (tertiary/aromatic N) is 4. The fourth-order valence-electron chi connectivity index (χ4n) is 1.30. The predicted molar refractivity (Wildman–Crippen MR) is 59.3 cm³/mol. The van der Waals surface area contributed by atoms with E-state index in [1.54, 1.807) is 13.1 Å². The summed E-state index contributed by atoms with van der Waals surface area (Å²) in [4.78, 5) is 21.1. The van der Waals surface area contributed by atoms with Gasteiger partial charge in [0.25, 0.3) is 5.91 Å². The Morgan fingerprint density at radius 1 is 1.59 bits per heavy atom. The number of carbonyl (C=O) groups excluding carboxylic acids is 1. The Morgan fingerprint density at radius 2 is 2.41 bits per heavy atom. The molecule has 0 saturated heterocycles. The number of hydrogen-bond donors (Lipinski definition) is 0. The molecule has 2 rings (SSSR count). The van der Waals surface area contributed by atoms with Crippen LogP contribution >= 0.6 is 11.6 Å². The minimum absolute atomic E-state index is 0.220. The van der Waals surface area contributed by atoms with Gasteiger partial charge in [-0.3, -0.25) is 9.78 Å². The zero-order chi connectivity index (χ0) is 12.3. The molecular formula is C10H9ClN4O2. The third-order valence-corrected chi connectivity index (χ3v) is 2.44. The van der Waals surface area contributed by atoms with E-state index in [9.17, 15) is 4.79 Å². The van der Waals surface area contributed by atoms with Crippen molar-refractivity contribution in [3.63, 3.8) is 0 Å². The number of halogens is 1. The second-order valence-electron chi connectivity index (χ2n) is 3.36. The smallest absolute Gasteiger partial charge is 0.255 e. The van der Waals surface area contributed by atoms with Gasteiger partial charge in [-0.1, -0.05) is 16.8 Å². The average Bonchev–Trinajstić information content (AvgIpc) is 2.81. The molecule has 0 unspecified atom stereocenters. The summed E-state index contributed by atoms with van der Waals surface area (Å²) in [6.07, 6.45) is 4.16. The van der Waals surface area contributed by atoms with E-state index in [4.69, 9.17) is 11.6 Å². The Bertz CT molecular complexity index is 515. The Kier molecular flexibility index (Phi) is 3.34. The number of rotatable bonds is 3. The second kappa shape index (κ2) is 4.92. The maximum Gasteiger partial charge on any atom is 0.255 e. The molecule has 2 aromatic rings. The third kappa shape index (κ3) is 2.59. The largest absolute Gasteiger partial charge is 0.343 e. The maximum atomic E-state index is 12.0. The number of pyridine rings is 1. The van der Waals surface area contributed by atoms with Gasteiger partial charge in [0.1, 0.15) is 0 Å². The van der Waals surface area contributed by atoms with E-state index in [1.807, 2.05) is 0 Å². The fourth-order valence-corrected chi connectivity index (χ4v) is 1.50. The molecule has 0 aliphatic rings. The van der Waals surface area contributed by atoms with Gasteiger partial charge in [-0.15, -0.1) is 0 Å². The van der Waals surface area contributed by atoms with Gasteiger partial charge in [0.05, 0.1) is 17.1 Å². The van der Waals surface area contributed by atoms with Crippen molar-refractivity contribution in [1.29, 1.82) is 0 Å². The normalized spacial score (nSPS) is 10.2. The van der Waals surface area contributed by atoms with Crippen molar-refractivity contribution in [3.05, 3.63) is 41.3 Å². The van der Waals surface area contributed by atoms with Crippen molar-refractivity contribution >= 4 is 17.5 Å².